The van der Waals surface area contributed by atoms with Crippen LogP contribution >= 0.6 is 0 Å². The van der Waals surface area contributed by atoms with E-state index in [4.69, 9.17) is 4.74 Å². The van der Waals surface area contributed by atoms with E-state index in [-0.39, 0.29) is 32.7 Å². The summed E-state index contributed by atoms with van der Waals surface area (Å²) in [5, 5.41) is 12.4. The lowest BCUT2D eigenvalue weighted by Gasteiger charge is -2.26. The average Bonchev–Trinajstić information content (AvgIpc) is 3.47. The van der Waals surface area contributed by atoms with Gasteiger partial charge in [-0.05, 0) is 27.7 Å². The normalized spacial score (nSPS) is 16.8. The van der Waals surface area contributed by atoms with Gasteiger partial charge in [0.15, 0.2) is 0 Å². The van der Waals surface area contributed by atoms with E-state index in [2.05, 4.69) is 26.6 Å². The van der Waals surface area contributed by atoms with E-state index in [1.807, 2.05) is 0 Å². The summed E-state index contributed by atoms with van der Waals surface area (Å²) < 4.78 is 5.23. The third kappa shape index (κ3) is 10.4. The fourth-order valence-electron chi connectivity index (χ4n) is 4.03. The van der Waals surface area contributed by atoms with Crippen molar-refractivity contribution >= 4 is 53.2 Å². The Hall–Kier alpha value is -4.93. The molecule has 0 radical (unpaired) electrons. The third-order valence-electron chi connectivity index (χ3n) is 6.37. The summed E-state index contributed by atoms with van der Waals surface area (Å²) in [6, 6.07) is -2.55. The van der Waals surface area contributed by atoms with Crippen molar-refractivity contribution in [2.75, 3.05) is 26.2 Å². The smallest absolute Gasteiger partial charge is 0.254 e. The number of nitrogens with one attached hydrogen (secondary N) is 5. The second kappa shape index (κ2) is 16.6. The molecule has 0 bridgehead atoms. The Morgan fingerprint density at radius 1 is 0.727 bits per heavy atom. The highest BCUT2D eigenvalue weighted by Crippen LogP contribution is 2.09. The lowest BCUT2D eigenvalue weighted by molar-refractivity contribution is -0.145. The van der Waals surface area contributed by atoms with Crippen molar-refractivity contribution in [1.82, 2.24) is 36.4 Å². The molecule has 0 saturated heterocycles. The van der Waals surface area contributed by atoms with Gasteiger partial charge in [0, 0.05) is 57.0 Å². The van der Waals surface area contributed by atoms with E-state index in [0.29, 0.717) is 0 Å². The van der Waals surface area contributed by atoms with E-state index < -0.39 is 83.9 Å². The predicted octanol–water partition coefficient (Wildman–Crippen LogP) is -3.27. The maximum absolute atomic E-state index is 13.0. The first kappa shape index (κ1) is 35.3. The summed E-state index contributed by atoms with van der Waals surface area (Å²) in [6.45, 7) is 5.99. The maximum Gasteiger partial charge on any atom is 0.254 e. The Labute approximate surface area is 253 Å². The van der Waals surface area contributed by atoms with Crippen molar-refractivity contribution in [3.63, 3.8) is 0 Å². The zero-order valence-electron chi connectivity index (χ0n) is 24.8. The number of carbonyl (C=O) groups is 9. The summed E-state index contributed by atoms with van der Waals surface area (Å²) in [7, 11) is 0. The Bertz CT molecular complexity index is 1210. The zero-order chi connectivity index (χ0) is 33.0. The number of hydrogen-bond acceptors (Lipinski definition) is 10. The minimum atomic E-state index is -1.38. The van der Waals surface area contributed by atoms with Gasteiger partial charge in [-0.25, -0.2) is 0 Å². The highest BCUT2D eigenvalue weighted by molar-refractivity contribution is 6.15. The molecular formula is C27H37N7O10. The van der Waals surface area contributed by atoms with Gasteiger partial charge in [-0.2, -0.15) is 0 Å². The fraction of sp³-hybridized carbons (Fsp3) is 0.519. The molecule has 2 aliphatic heterocycles. The minimum absolute atomic E-state index is 0.00804. The van der Waals surface area contributed by atoms with Crippen molar-refractivity contribution in [1.29, 1.82) is 0 Å². The molecule has 2 aliphatic rings. The van der Waals surface area contributed by atoms with Crippen molar-refractivity contribution in [2.45, 2.75) is 64.9 Å². The van der Waals surface area contributed by atoms with E-state index in [0.717, 1.165) is 34.1 Å². The highest BCUT2D eigenvalue weighted by atomic mass is 16.5. The maximum atomic E-state index is 13.0. The van der Waals surface area contributed by atoms with Crippen LogP contribution in [0.4, 0.5) is 0 Å². The molecule has 0 aromatic heterocycles. The van der Waals surface area contributed by atoms with E-state index in [1.54, 1.807) is 6.92 Å². The number of ether oxygens (including phenoxy) is 1. The second-order valence-corrected chi connectivity index (χ2v) is 9.77. The molecule has 0 fully saturated rings. The Morgan fingerprint density at radius 2 is 1.25 bits per heavy atom. The largest absolute Gasteiger partial charge is 0.369 e. The lowest BCUT2D eigenvalue weighted by Crippen LogP contribution is -2.58. The first-order valence-electron chi connectivity index (χ1n) is 13.9. The predicted molar refractivity (Wildman–Crippen MR) is 150 cm³/mol. The first-order chi connectivity index (χ1) is 20.7. The SMILES string of the molecule is CCOC(C)C(=O)NC(CC(=O)NCCNC(=O)CCN1C(=O)C=CC1=O)C(=O)NC(C)NC(=O)C(C)N1C(=O)C=CC1=O. The summed E-state index contributed by atoms with van der Waals surface area (Å²) >= 11 is 0. The first-order valence-corrected chi connectivity index (χ1v) is 13.9. The number of nitrogens with zero attached hydrogens (tertiary/aromatic N) is 2. The summed E-state index contributed by atoms with van der Waals surface area (Å²) in [5.74, 6) is -5.64. The number of carbonyl (C=O) groups excluding carboxylic acids is 9. The summed E-state index contributed by atoms with van der Waals surface area (Å²) in [5.41, 5.74) is 0. The Balaban J connectivity index is 1.87. The standard InChI is InChI=1S/C27H37N7O10/c1-5-44-16(3)26(42)32-18(27(43)31-17(4)30-25(41)15(2)34-23(39)8-9-24(34)40)14-20(36)29-12-11-28-19(35)10-13-33-21(37)6-7-22(33)38/h6-9,15-18H,5,10-14H2,1-4H3,(H,28,35)(H,29,36)(H,30,41)(H,31,43)(H,32,42). The monoisotopic (exact) mass is 619 g/mol. The molecule has 0 aromatic rings. The zero-order valence-corrected chi connectivity index (χ0v) is 24.8. The average molecular weight is 620 g/mol. The van der Waals surface area contributed by atoms with Gasteiger partial charge in [0.25, 0.3) is 23.6 Å². The second-order valence-electron chi connectivity index (χ2n) is 9.77. The van der Waals surface area contributed by atoms with Gasteiger partial charge >= 0.3 is 0 Å². The molecule has 9 amide bonds. The van der Waals surface area contributed by atoms with Crippen LogP contribution in [0.1, 0.15) is 40.5 Å². The molecule has 240 valence electrons. The van der Waals surface area contributed by atoms with Crippen LogP contribution in [0.2, 0.25) is 0 Å². The number of imide groups is 2. The summed E-state index contributed by atoms with van der Waals surface area (Å²) in [4.78, 5) is 111. The molecule has 2 rings (SSSR count). The van der Waals surface area contributed by atoms with Gasteiger partial charge in [-0.15, -0.1) is 0 Å². The quantitative estimate of drug-likeness (QED) is 0.0619. The van der Waals surface area contributed by atoms with Crippen molar-refractivity contribution < 1.29 is 47.9 Å². The van der Waals surface area contributed by atoms with Crippen LogP contribution in [0.15, 0.2) is 24.3 Å². The van der Waals surface area contributed by atoms with Gasteiger partial charge in [0.1, 0.15) is 18.2 Å². The number of amides is 9. The minimum Gasteiger partial charge on any atom is -0.369 e. The Kier molecular flexibility index (Phi) is 13.3. The molecule has 5 N–H and O–H groups in total. The molecular weight excluding hydrogens is 582 g/mol. The molecule has 0 aromatic carbocycles. The number of rotatable bonds is 17. The van der Waals surface area contributed by atoms with Gasteiger partial charge in [-0.3, -0.25) is 53.0 Å². The topological polar surface area (TPSA) is 229 Å². The van der Waals surface area contributed by atoms with Crippen LogP contribution < -0.4 is 26.6 Å². The lowest BCUT2D eigenvalue weighted by atomic mass is 10.1. The van der Waals surface area contributed by atoms with Gasteiger partial charge in [0.2, 0.25) is 29.5 Å². The van der Waals surface area contributed by atoms with Crippen LogP contribution in [0.25, 0.3) is 0 Å². The third-order valence-corrected chi connectivity index (χ3v) is 6.37. The van der Waals surface area contributed by atoms with Gasteiger partial charge in [-0.1, -0.05) is 0 Å². The fourth-order valence-corrected chi connectivity index (χ4v) is 4.03. The van der Waals surface area contributed by atoms with E-state index >= 15 is 0 Å². The van der Waals surface area contributed by atoms with Crippen molar-refractivity contribution in [3.05, 3.63) is 24.3 Å². The summed E-state index contributed by atoms with van der Waals surface area (Å²) in [6.07, 6.45) is 1.70. The molecule has 44 heavy (non-hydrogen) atoms. The van der Waals surface area contributed by atoms with Crippen LogP contribution in [-0.2, 0) is 47.9 Å². The van der Waals surface area contributed by atoms with Crippen LogP contribution in [0.5, 0.6) is 0 Å². The van der Waals surface area contributed by atoms with Crippen molar-refractivity contribution in [3.8, 4) is 0 Å². The van der Waals surface area contributed by atoms with Crippen molar-refractivity contribution in [2.24, 2.45) is 0 Å². The van der Waals surface area contributed by atoms with Gasteiger partial charge < -0.3 is 31.3 Å². The molecule has 2 heterocycles. The van der Waals surface area contributed by atoms with Gasteiger partial charge in [0.05, 0.1) is 12.6 Å². The van der Waals surface area contributed by atoms with Crippen LogP contribution in [0, 0.1) is 0 Å². The molecule has 4 unspecified atom stereocenters. The molecule has 0 saturated carbocycles. The highest BCUT2D eigenvalue weighted by Gasteiger charge is 2.34. The van der Waals surface area contributed by atoms with Crippen LogP contribution in [-0.4, -0.2) is 114 Å². The molecule has 17 heteroatoms. The van der Waals surface area contributed by atoms with Crippen LogP contribution in [0.3, 0.4) is 0 Å². The number of hydrogen-bond donors (Lipinski definition) is 5. The van der Waals surface area contributed by atoms with E-state index in [9.17, 15) is 43.2 Å². The molecule has 4 atom stereocenters. The molecule has 17 nitrogen and oxygen atoms in total. The molecule has 0 spiro atoms. The molecule has 0 aliphatic carbocycles. The Morgan fingerprint density at radius 3 is 1.82 bits per heavy atom. The van der Waals surface area contributed by atoms with E-state index in [1.165, 1.54) is 20.8 Å².